The van der Waals surface area contributed by atoms with Crippen molar-refractivity contribution in [2.75, 3.05) is 46.6 Å². The van der Waals surface area contributed by atoms with Crippen LogP contribution in [0.3, 0.4) is 0 Å². The molecule has 0 bridgehead atoms. The lowest BCUT2D eigenvalue weighted by atomic mass is 10.2. The number of anilines is 5. The van der Waals surface area contributed by atoms with Gasteiger partial charge < -0.3 is 20.4 Å². The monoisotopic (exact) mass is 389 g/mol. The van der Waals surface area contributed by atoms with Gasteiger partial charge in [-0.3, -0.25) is 4.79 Å². The van der Waals surface area contributed by atoms with Crippen LogP contribution in [-0.4, -0.2) is 47.0 Å². The van der Waals surface area contributed by atoms with Gasteiger partial charge >= 0.3 is 0 Å². The number of carbonyl (C=O) groups is 1. The fourth-order valence-electron chi connectivity index (χ4n) is 3.31. The summed E-state index contributed by atoms with van der Waals surface area (Å²) in [4.78, 5) is 28.9. The SMILES string of the molecule is CC(=O)Nc1cccc(Nc2ncnc(N3CCN(c4ccccc4)CC3)n2)c1. The predicted molar refractivity (Wildman–Crippen MR) is 115 cm³/mol. The van der Waals surface area contributed by atoms with Crippen molar-refractivity contribution in [2.45, 2.75) is 6.92 Å². The Bertz CT molecular complexity index is 972. The molecule has 1 fully saturated rings. The van der Waals surface area contributed by atoms with Crippen molar-refractivity contribution < 1.29 is 4.79 Å². The number of amides is 1. The van der Waals surface area contributed by atoms with Gasteiger partial charge in [0.2, 0.25) is 17.8 Å². The highest BCUT2D eigenvalue weighted by atomic mass is 16.1. The largest absolute Gasteiger partial charge is 0.368 e. The average Bonchev–Trinajstić information content (AvgIpc) is 2.74. The fraction of sp³-hybridized carbons (Fsp3) is 0.238. The molecule has 0 unspecified atom stereocenters. The summed E-state index contributed by atoms with van der Waals surface area (Å²) in [6.07, 6.45) is 1.52. The quantitative estimate of drug-likeness (QED) is 0.694. The van der Waals surface area contributed by atoms with E-state index in [0.29, 0.717) is 17.6 Å². The maximum absolute atomic E-state index is 11.2. The van der Waals surface area contributed by atoms with Crippen LogP contribution in [0.15, 0.2) is 60.9 Å². The summed E-state index contributed by atoms with van der Waals surface area (Å²) in [5.74, 6) is 1.02. The van der Waals surface area contributed by atoms with Gasteiger partial charge in [-0.25, -0.2) is 9.97 Å². The molecule has 148 valence electrons. The van der Waals surface area contributed by atoms with Crippen molar-refractivity contribution in [1.29, 1.82) is 0 Å². The summed E-state index contributed by atoms with van der Waals surface area (Å²) in [5.41, 5.74) is 2.75. The zero-order chi connectivity index (χ0) is 20.1. The molecule has 0 radical (unpaired) electrons. The molecular formula is C21H23N7O. The molecule has 1 amide bonds. The maximum Gasteiger partial charge on any atom is 0.231 e. The Morgan fingerprint density at radius 3 is 2.38 bits per heavy atom. The second-order valence-electron chi connectivity index (χ2n) is 6.81. The summed E-state index contributed by atoms with van der Waals surface area (Å²) in [7, 11) is 0. The van der Waals surface area contributed by atoms with E-state index in [1.807, 2.05) is 30.3 Å². The first-order valence-corrected chi connectivity index (χ1v) is 9.56. The third-order valence-corrected chi connectivity index (χ3v) is 4.68. The number of rotatable bonds is 5. The third-order valence-electron chi connectivity index (χ3n) is 4.68. The molecule has 8 heteroatoms. The molecule has 1 aromatic heterocycles. The summed E-state index contributed by atoms with van der Waals surface area (Å²) in [6.45, 7) is 5.00. The number of para-hydroxylation sites is 1. The Morgan fingerprint density at radius 1 is 0.897 bits per heavy atom. The van der Waals surface area contributed by atoms with Crippen molar-refractivity contribution in [3.05, 3.63) is 60.9 Å². The molecule has 8 nitrogen and oxygen atoms in total. The summed E-state index contributed by atoms with van der Waals surface area (Å²) in [6, 6.07) is 17.8. The third kappa shape index (κ3) is 4.78. The van der Waals surface area contributed by atoms with Gasteiger partial charge in [-0.2, -0.15) is 4.98 Å². The number of piperazine rings is 1. The summed E-state index contributed by atoms with van der Waals surface area (Å²) >= 11 is 0. The van der Waals surface area contributed by atoms with E-state index < -0.39 is 0 Å². The van der Waals surface area contributed by atoms with E-state index in [0.717, 1.165) is 31.9 Å². The van der Waals surface area contributed by atoms with Crippen LogP contribution in [0, 0.1) is 0 Å². The minimum absolute atomic E-state index is 0.112. The Balaban J connectivity index is 1.41. The van der Waals surface area contributed by atoms with E-state index in [2.05, 4.69) is 59.7 Å². The zero-order valence-corrected chi connectivity index (χ0v) is 16.2. The second kappa shape index (κ2) is 8.55. The van der Waals surface area contributed by atoms with Crippen molar-refractivity contribution in [3.63, 3.8) is 0 Å². The number of hydrogen-bond donors (Lipinski definition) is 2. The van der Waals surface area contributed by atoms with E-state index in [9.17, 15) is 4.79 Å². The molecule has 2 aromatic carbocycles. The van der Waals surface area contributed by atoms with Crippen LogP contribution in [0.1, 0.15) is 6.92 Å². The van der Waals surface area contributed by atoms with Crippen LogP contribution in [0.4, 0.5) is 29.0 Å². The molecule has 0 saturated carbocycles. The van der Waals surface area contributed by atoms with E-state index in [4.69, 9.17) is 0 Å². The van der Waals surface area contributed by atoms with Crippen LogP contribution >= 0.6 is 0 Å². The van der Waals surface area contributed by atoms with E-state index in [1.54, 1.807) is 0 Å². The summed E-state index contributed by atoms with van der Waals surface area (Å²) in [5, 5.41) is 5.95. The lowest BCUT2D eigenvalue weighted by Gasteiger charge is -2.36. The van der Waals surface area contributed by atoms with Crippen molar-refractivity contribution >= 4 is 34.9 Å². The highest BCUT2D eigenvalue weighted by molar-refractivity contribution is 5.89. The number of aromatic nitrogens is 3. The fourth-order valence-corrected chi connectivity index (χ4v) is 3.31. The zero-order valence-electron chi connectivity index (χ0n) is 16.2. The minimum atomic E-state index is -0.112. The molecule has 2 N–H and O–H groups in total. The van der Waals surface area contributed by atoms with Crippen LogP contribution < -0.4 is 20.4 Å². The van der Waals surface area contributed by atoms with Gasteiger partial charge in [-0.15, -0.1) is 0 Å². The van der Waals surface area contributed by atoms with Gasteiger partial charge in [-0.05, 0) is 30.3 Å². The normalized spacial score (nSPS) is 13.8. The Morgan fingerprint density at radius 2 is 1.62 bits per heavy atom. The van der Waals surface area contributed by atoms with Gasteiger partial charge in [0, 0.05) is 50.2 Å². The molecular weight excluding hydrogens is 366 g/mol. The second-order valence-corrected chi connectivity index (χ2v) is 6.81. The van der Waals surface area contributed by atoms with Gasteiger partial charge in [0.1, 0.15) is 6.33 Å². The first kappa shape index (κ1) is 18.7. The van der Waals surface area contributed by atoms with Gasteiger partial charge in [-0.1, -0.05) is 24.3 Å². The molecule has 1 aliphatic heterocycles. The van der Waals surface area contributed by atoms with E-state index in [1.165, 1.54) is 18.9 Å². The lowest BCUT2D eigenvalue weighted by Crippen LogP contribution is -2.47. The van der Waals surface area contributed by atoms with Crippen molar-refractivity contribution in [2.24, 2.45) is 0 Å². The molecule has 0 aliphatic carbocycles. The Kier molecular flexibility index (Phi) is 5.51. The van der Waals surface area contributed by atoms with Crippen molar-refractivity contribution in [3.8, 4) is 0 Å². The highest BCUT2D eigenvalue weighted by Crippen LogP contribution is 2.21. The van der Waals surface area contributed by atoms with Crippen LogP contribution in [0.25, 0.3) is 0 Å². The highest BCUT2D eigenvalue weighted by Gasteiger charge is 2.19. The minimum Gasteiger partial charge on any atom is -0.368 e. The van der Waals surface area contributed by atoms with Gasteiger partial charge in [0.15, 0.2) is 0 Å². The first-order valence-electron chi connectivity index (χ1n) is 9.56. The molecule has 2 heterocycles. The topological polar surface area (TPSA) is 86.3 Å². The lowest BCUT2D eigenvalue weighted by molar-refractivity contribution is -0.114. The molecule has 0 spiro atoms. The molecule has 1 aliphatic rings. The van der Waals surface area contributed by atoms with E-state index in [-0.39, 0.29) is 5.91 Å². The van der Waals surface area contributed by atoms with E-state index >= 15 is 0 Å². The number of carbonyl (C=O) groups excluding carboxylic acids is 1. The van der Waals surface area contributed by atoms with Crippen LogP contribution in [0.5, 0.6) is 0 Å². The Hall–Kier alpha value is -3.68. The molecule has 1 saturated heterocycles. The average molecular weight is 389 g/mol. The van der Waals surface area contributed by atoms with Gasteiger partial charge in [0.25, 0.3) is 0 Å². The standard InChI is InChI=1S/C21H23N7O/c1-16(29)24-17-6-5-7-18(14-17)25-20-22-15-23-21(26-20)28-12-10-27(11-13-28)19-8-3-2-4-9-19/h2-9,14-15H,10-13H2,1H3,(H,24,29)(H,22,23,25,26). The van der Waals surface area contributed by atoms with Gasteiger partial charge in [0.05, 0.1) is 0 Å². The Labute approximate surface area is 169 Å². The summed E-state index contributed by atoms with van der Waals surface area (Å²) < 4.78 is 0. The van der Waals surface area contributed by atoms with Crippen LogP contribution in [0.2, 0.25) is 0 Å². The van der Waals surface area contributed by atoms with Crippen molar-refractivity contribution in [1.82, 2.24) is 15.0 Å². The van der Waals surface area contributed by atoms with Crippen LogP contribution in [-0.2, 0) is 4.79 Å². The molecule has 3 aromatic rings. The number of benzene rings is 2. The molecule has 29 heavy (non-hydrogen) atoms. The molecule has 0 atom stereocenters. The number of hydrogen-bond acceptors (Lipinski definition) is 7. The number of nitrogens with one attached hydrogen (secondary N) is 2. The first-order chi connectivity index (χ1) is 14.2. The maximum atomic E-state index is 11.2. The smallest absolute Gasteiger partial charge is 0.231 e. The molecule has 4 rings (SSSR count). The predicted octanol–water partition coefficient (Wildman–Crippen LogP) is 2.90. The number of nitrogens with zero attached hydrogens (tertiary/aromatic N) is 5.